The Morgan fingerprint density at radius 2 is 1.92 bits per heavy atom. The summed E-state index contributed by atoms with van der Waals surface area (Å²) in [5.74, 6) is 1.28. The van der Waals surface area contributed by atoms with E-state index < -0.39 is 0 Å². The minimum absolute atomic E-state index is 0.107. The summed E-state index contributed by atoms with van der Waals surface area (Å²) in [5, 5.41) is 2.91. The predicted molar refractivity (Wildman–Crippen MR) is 99.9 cm³/mol. The van der Waals surface area contributed by atoms with Gasteiger partial charge in [0.05, 0.1) is 0 Å². The van der Waals surface area contributed by atoms with Gasteiger partial charge in [-0.05, 0) is 43.4 Å². The number of hydrogen-bond donors (Lipinski definition) is 1. The molecule has 0 bridgehead atoms. The van der Waals surface area contributed by atoms with Gasteiger partial charge in [-0.25, -0.2) is 14.8 Å². The lowest BCUT2D eigenvalue weighted by Crippen LogP contribution is -2.36. The van der Waals surface area contributed by atoms with E-state index in [0.29, 0.717) is 18.4 Å². The zero-order valence-corrected chi connectivity index (χ0v) is 15.3. The third kappa shape index (κ3) is 4.26. The minimum Gasteiger partial charge on any atom is -0.363 e. The molecule has 25 heavy (non-hydrogen) atoms. The van der Waals surface area contributed by atoms with Crippen LogP contribution < -0.4 is 10.2 Å². The lowest BCUT2D eigenvalue weighted by atomic mass is 10.1. The lowest BCUT2D eigenvalue weighted by molar-refractivity contribution is 0.206. The summed E-state index contributed by atoms with van der Waals surface area (Å²) < 4.78 is 0. The molecule has 1 aliphatic carbocycles. The number of hydrogen-bond acceptors (Lipinski definition) is 4. The van der Waals surface area contributed by atoms with Crippen LogP contribution in [0.5, 0.6) is 0 Å². The molecule has 1 saturated carbocycles. The van der Waals surface area contributed by atoms with Crippen LogP contribution in [0.1, 0.15) is 29.5 Å². The smallest absolute Gasteiger partial charge is 0.323 e. The van der Waals surface area contributed by atoms with Crippen molar-refractivity contribution in [2.24, 2.45) is 0 Å². The number of aryl methyl sites for hydroxylation is 2. The molecule has 0 radical (unpaired) electrons. The largest absolute Gasteiger partial charge is 0.363 e. The van der Waals surface area contributed by atoms with Gasteiger partial charge in [-0.2, -0.15) is 0 Å². The van der Waals surface area contributed by atoms with Crippen LogP contribution in [0.3, 0.4) is 0 Å². The van der Waals surface area contributed by atoms with Gasteiger partial charge in [-0.15, -0.1) is 0 Å². The molecule has 1 heterocycles. The predicted octanol–water partition coefficient (Wildman–Crippen LogP) is 3.36. The second kappa shape index (κ2) is 7.09. The van der Waals surface area contributed by atoms with Crippen molar-refractivity contribution in [3.63, 3.8) is 0 Å². The van der Waals surface area contributed by atoms with E-state index in [0.717, 1.165) is 24.2 Å². The summed E-state index contributed by atoms with van der Waals surface area (Å²) in [5.41, 5.74) is 3.67. The molecule has 2 amide bonds. The average Bonchev–Trinajstić information content (AvgIpc) is 3.40. The Kier molecular flexibility index (Phi) is 4.88. The molecule has 6 heteroatoms. The van der Waals surface area contributed by atoms with E-state index >= 15 is 0 Å². The first-order valence-corrected chi connectivity index (χ1v) is 8.57. The fourth-order valence-electron chi connectivity index (χ4n) is 2.69. The molecule has 0 saturated heterocycles. The van der Waals surface area contributed by atoms with Gasteiger partial charge in [-0.1, -0.05) is 18.2 Å². The number of carbonyl (C=O) groups is 1. The number of nitrogens with one attached hydrogen (secondary N) is 1. The summed E-state index contributed by atoms with van der Waals surface area (Å²) >= 11 is 0. The highest BCUT2D eigenvalue weighted by Gasteiger charge is 2.32. The Labute approximate surface area is 148 Å². The number of benzene rings is 1. The fourth-order valence-corrected chi connectivity index (χ4v) is 2.69. The molecule has 0 atom stereocenters. The average molecular weight is 339 g/mol. The van der Waals surface area contributed by atoms with Crippen LogP contribution in [-0.4, -0.2) is 41.0 Å². The van der Waals surface area contributed by atoms with Crippen LogP contribution in [0.2, 0.25) is 0 Å². The van der Waals surface area contributed by atoms with Gasteiger partial charge in [-0.3, -0.25) is 5.32 Å². The van der Waals surface area contributed by atoms with Crippen molar-refractivity contribution in [2.75, 3.05) is 24.3 Å². The molecule has 1 aromatic carbocycles. The van der Waals surface area contributed by atoms with Gasteiger partial charge in [0.15, 0.2) is 0 Å². The monoisotopic (exact) mass is 339 g/mol. The maximum atomic E-state index is 12.8. The van der Waals surface area contributed by atoms with E-state index in [-0.39, 0.29) is 6.03 Å². The lowest BCUT2D eigenvalue weighted by Gasteiger charge is -2.23. The van der Waals surface area contributed by atoms with Crippen LogP contribution in [0.4, 0.5) is 16.4 Å². The third-order valence-corrected chi connectivity index (χ3v) is 4.52. The van der Waals surface area contributed by atoms with Gasteiger partial charge < -0.3 is 9.80 Å². The van der Waals surface area contributed by atoms with Crippen molar-refractivity contribution in [3.05, 3.63) is 47.3 Å². The summed E-state index contributed by atoms with van der Waals surface area (Å²) in [6.45, 7) is 4.81. The summed E-state index contributed by atoms with van der Waals surface area (Å²) in [4.78, 5) is 24.9. The van der Waals surface area contributed by atoms with Crippen molar-refractivity contribution in [3.8, 4) is 0 Å². The Bertz CT molecular complexity index is 770. The molecule has 1 fully saturated rings. The summed E-state index contributed by atoms with van der Waals surface area (Å²) in [6.07, 6.45) is 3.59. The van der Waals surface area contributed by atoms with E-state index in [2.05, 4.69) is 47.3 Å². The van der Waals surface area contributed by atoms with Crippen molar-refractivity contribution in [1.29, 1.82) is 0 Å². The van der Waals surface area contributed by atoms with Gasteiger partial charge in [0.2, 0.25) is 0 Å². The second-order valence-corrected chi connectivity index (χ2v) is 6.86. The molecule has 6 nitrogen and oxygen atoms in total. The first-order valence-electron chi connectivity index (χ1n) is 8.57. The molecule has 132 valence electrons. The molecule has 1 aliphatic rings. The molecule has 3 rings (SSSR count). The van der Waals surface area contributed by atoms with Gasteiger partial charge in [0.25, 0.3) is 0 Å². The van der Waals surface area contributed by atoms with Crippen molar-refractivity contribution in [2.45, 2.75) is 39.3 Å². The van der Waals surface area contributed by atoms with Gasteiger partial charge >= 0.3 is 6.03 Å². The summed E-state index contributed by atoms with van der Waals surface area (Å²) in [6, 6.07) is 8.36. The number of rotatable bonds is 5. The molecule has 0 aliphatic heterocycles. The molecule has 0 unspecified atom stereocenters. The van der Waals surface area contributed by atoms with Crippen LogP contribution in [-0.2, 0) is 6.54 Å². The van der Waals surface area contributed by atoms with Gasteiger partial charge in [0.1, 0.15) is 18.0 Å². The normalized spacial score (nSPS) is 13.4. The summed E-state index contributed by atoms with van der Waals surface area (Å²) in [7, 11) is 3.81. The van der Waals surface area contributed by atoms with Crippen LogP contribution in [0.15, 0.2) is 30.6 Å². The van der Waals surface area contributed by atoms with Crippen molar-refractivity contribution in [1.82, 2.24) is 14.9 Å². The number of anilines is 2. The Hall–Kier alpha value is -2.63. The van der Waals surface area contributed by atoms with Gasteiger partial charge in [0, 0.05) is 32.7 Å². The van der Waals surface area contributed by atoms with Crippen LogP contribution in [0.25, 0.3) is 0 Å². The van der Waals surface area contributed by atoms with Crippen molar-refractivity contribution >= 4 is 17.7 Å². The second-order valence-electron chi connectivity index (χ2n) is 6.86. The van der Waals surface area contributed by atoms with E-state index in [4.69, 9.17) is 0 Å². The molecule has 2 aromatic rings. The van der Waals surface area contributed by atoms with E-state index in [9.17, 15) is 4.79 Å². The Morgan fingerprint density at radius 1 is 1.16 bits per heavy atom. The molecular formula is C19H25N5O. The SMILES string of the molecule is Cc1ccc(CN(C(=O)Nc2cc(N(C)C)ncn2)C2CC2)cc1C. The van der Waals surface area contributed by atoms with E-state index in [1.165, 1.54) is 17.5 Å². The topological polar surface area (TPSA) is 61.4 Å². The zero-order valence-electron chi connectivity index (χ0n) is 15.3. The van der Waals surface area contributed by atoms with E-state index in [1.807, 2.05) is 23.9 Å². The highest BCUT2D eigenvalue weighted by Crippen LogP contribution is 2.29. The maximum Gasteiger partial charge on any atom is 0.323 e. The molecule has 1 N–H and O–H groups in total. The number of aromatic nitrogens is 2. The number of carbonyl (C=O) groups excluding carboxylic acids is 1. The molecule has 0 spiro atoms. The Morgan fingerprint density at radius 3 is 2.56 bits per heavy atom. The van der Waals surface area contributed by atoms with Crippen molar-refractivity contribution < 1.29 is 4.79 Å². The highest BCUT2D eigenvalue weighted by molar-refractivity contribution is 5.89. The highest BCUT2D eigenvalue weighted by atomic mass is 16.2. The molecule has 1 aromatic heterocycles. The minimum atomic E-state index is -0.107. The van der Waals surface area contributed by atoms with Crippen LogP contribution in [0, 0.1) is 13.8 Å². The fraction of sp³-hybridized carbons (Fsp3) is 0.421. The number of nitrogens with zero attached hydrogens (tertiary/aromatic N) is 4. The Balaban J connectivity index is 1.73. The first kappa shape index (κ1) is 17.2. The number of urea groups is 1. The quantitative estimate of drug-likeness (QED) is 0.907. The first-order chi connectivity index (χ1) is 11.9. The third-order valence-electron chi connectivity index (χ3n) is 4.52. The molecular weight excluding hydrogens is 314 g/mol. The number of amides is 2. The maximum absolute atomic E-state index is 12.8. The standard InChI is InChI=1S/C19H25N5O/c1-13-5-6-15(9-14(13)2)11-24(16-7-8-16)19(25)22-17-10-18(23(3)4)21-12-20-17/h5-6,9-10,12,16H,7-8,11H2,1-4H3,(H,20,21,22,25). The van der Waals surface area contributed by atoms with E-state index in [1.54, 1.807) is 6.07 Å². The van der Waals surface area contributed by atoms with Crippen LogP contribution >= 0.6 is 0 Å². The zero-order chi connectivity index (χ0) is 18.0.